The largest absolute Gasteiger partial charge is 0.478 e. The van der Waals surface area contributed by atoms with Crippen LogP contribution in [0.1, 0.15) is 29.6 Å². The lowest BCUT2D eigenvalue weighted by molar-refractivity contribution is -0.123. The average Bonchev–Trinajstić information content (AvgIpc) is 2.28. The lowest BCUT2D eigenvalue weighted by atomic mass is 9.77. The van der Waals surface area contributed by atoms with E-state index in [1.54, 1.807) is 0 Å². The minimum atomic E-state index is -1.22. The van der Waals surface area contributed by atoms with Crippen molar-refractivity contribution < 1.29 is 14.7 Å². The van der Waals surface area contributed by atoms with Gasteiger partial charge in [0.25, 0.3) is 0 Å². The zero-order valence-corrected chi connectivity index (χ0v) is 11.4. The van der Waals surface area contributed by atoms with Crippen LogP contribution in [0.2, 0.25) is 10.0 Å². The van der Waals surface area contributed by atoms with Crippen LogP contribution in [0.25, 0.3) is 0 Å². The molecule has 0 bridgehead atoms. The van der Waals surface area contributed by atoms with Crippen LogP contribution in [0.3, 0.4) is 0 Å². The fraction of sp³-hybridized carbons (Fsp3) is 0.333. The van der Waals surface area contributed by atoms with Gasteiger partial charge in [-0.2, -0.15) is 0 Å². The van der Waals surface area contributed by atoms with Crippen molar-refractivity contribution in [1.29, 1.82) is 0 Å². The molecule has 102 valence electrons. The molecular formula is C12H12Cl2N2O3. The number of halogens is 2. The number of rotatable bonds is 3. The Balaban J connectivity index is 2.34. The number of nitrogens with one attached hydrogen (secondary N) is 1. The van der Waals surface area contributed by atoms with Gasteiger partial charge in [-0.25, -0.2) is 4.79 Å². The molecule has 0 spiro atoms. The maximum Gasteiger partial charge on any atom is 0.337 e. The van der Waals surface area contributed by atoms with Crippen molar-refractivity contribution >= 4 is 40.8 Å². The highest BCUT2D eigenvalue weighted by atomic mass is 35.5. The van der Waals surface area contributed by atoms with Gasteiger partial charge in [-0.15, -0.1) is 0 Å². The Morgan fingerprint density at radius 2 is 1.95 bits per heavy atom. The molecule has 19 heavy (non-hydrogen) atoms. The summed E-state index contributed by atoms with van der Waals surface area (Å²) in [5, 5.41) is 11.9. The topological polar surface area (TPSA) is 92.4 Å². The Kier molecular flexibility index (Phi) is 3.71. The Morgan fingerprint density at radius 3 is 2.42 bits per heavy atom. The van der Waals surface area contributed by atoms with Crippen molar-refractivity contribution in [2.45, 2.75) is 24.8 Å². The monoisotopic (exact) mass is 302 g/mol. The van der Waals surface area contributed by atoms with E-state index in [0.29, 0.717) is 12.8 Å². The summed E-state index contributed by atoms with van der Waals surface area (Å²) in [6.07, 6.45) is 2.03. The maximum absolute atomic E-state index is 12.0. The maximum atomic E-state index is 12.0. The number of carbonyl (C=O) groups is 2. The molecule has 0 heterocycles. The molecule has 5 nitrogen and oxygen atoms in total. The summed E-state index contributed by atoms with van der Waals surface area (Å²) in [6, 6.07) is 2.60. The highest BCUT2D eigenvalue weighted by Crippen LogP contribution is 2.34. The van der Waals surface area contributed by atoms with E-state index in [0.717, 1.165) is 6.42 Å². The standard InChI is InChI=1S/C12H12Cl2N2O3/c13-6-4-7(10(17)18)9(8(14)5-6)16-11(19)12(15)2-1-3-12/h4-5H,1-3,15H2,(H,16,19)(H,17,18). The third-order valence-electron chi connectivity index (χ3n) is 3.22. The summed E-state index contributed by atoms with van der Waals surface area (Å²) < 4.78 is 0. The number of carboxylic acid groups (broad SMARTS) is 1. The molecule has 1 aliphatic carbocycles. The number of nitrogens with two attached hydrogens (primary N) is 1. The minimum absolute atomic E-state index is 0.0280. The first-order valence-corrected chi connectivity index (χ1v) is 6.42. The van der Waals surface area contributed by atoms with Gasteiger partial charge in [0.1, 0.15) is 0 Å². The van der Waals surface area contributed by atoms with Crippen LogP contribution < -0.4 is 11.1 Å². The molecule has 2 rings (SSSR count). The van der Waals surface area contributed by atoms with Crippen molar-refractivity contribution in [2.24, 2.45) is 5.73 Å². The number of benzene rings is 1. The van der Waals surface area contributed by atoms with Gasteiger partial charge in [0.15, 0.2) is 0 Å². The Labute approximate surface area is 119 Å². The Bertz CT molecular complexity index is 556. The summed E-state index contributed by atoms with van der Waals surface area (Å²) in [4.78, 5) is 23.1. The summed E-state index contributed by atoms with van der Waals surface area (Å²) >= 11 is 11.7. The van der Waals surface area contributed by atoms with Crippen LogP contribution in [-0.2, 0) is 4.79 Å². The first kappa shape index (κ1) is 14.1. The fourth-order valence-electron chi connectivity index (χ4n) is 1.89. The lowest BCUT2D eigenvalue weighted by Crippen LogP contribution is -2.56. The average molecular weight is 303 g/mol. The second kappa shape index (κ2) is 5.00. The molecule has 0 aliphatic heterocycles. The highest BCUT2D eigenvalue weighted by molar-refractivity contribution is 6.37. The molecule has 1 aliphatic rings. The van der Waals surface area contributed by atoms with Crippen LogP contribution in [0.5, 0.6) is 0 Å². The molecule has 4 N–H and O–H groups in total. The smallest absolute Gasteiger partial charge is 0.337 e. The van der Waals surface area contributed by atoms with E-state index in [1.165, 1.54) is 12.1 Å². The van der Waals surface area contributed by atoms with Gasteiger partial charge in [0.2, 0.25) is 5.91 Å². The number of aromatic carboxylic acids is 1. The van der Waals surface area contributed by atoms with Gasteiger partial charge < -0.3 is 16.2 Å². The van der Waals surface area contributed by atoms with Crippen LogP contribution in [-0.4, -0.2) is 22.5 Å². The first-order chi connectivity index (χ1) is 8.83. The quantitative estimate of drug-likeness (QED) is 0.800. The molecule has 0 aromatic heterocycles. The predicted octanol–water partition coefficient (Wildman–Crippen LogP) is 2.51. The lowest BCUT2D eigenvalue weighted by Gasteiger charge is -2.36. The fourth-order valence-corrected chi connectivity index (χ4v) is 2.43. The van der Waals surface area contributed by atoms with Crippen molar-refractivity contribution in [3.8, 4) is 0 Å². The van der Waals surface area contributed by atoms with Crippen molar-refractivity contribution in [2.75, 3.05) is 5.32 Å². The first-order valence-electron chi connectivity index (χ1n) is 5.66. The molecule has 1 fully saturated rings. The van der Waals surface area contributed by atoms with E-state index < -0.39 is 17.4 Å². The summed E-state index contributed by atoms with van der Waals surface area (Å²) in [5.74, 6) is -1.65. The second-order valence-electron chi connectivity index (χ2n) is 4.58. The minimum Gasteiger partial charge on any atom is -0.478 e. The Morgan fingerprint density at radius 1 is 1.32 bits per heavy atom. The molecule has 7 heteroatoms. The number of amides is 1. The van der Waals surface area contributed by atoms with E-state index in [4.69, 9.17) is 34.0 Å². The molecule has 1 saturated carbocycles. The summed E-state index contributed by atoms with van der Waals surface area (Å²) in [6.45, 7) is 0. The molecule has 0 unspecified atom stereocenters. The molecule has 1 aromatic carbocycles. The number of hydrogen-bond acceptors (Lipinski definition) is 3. The van der Waals surface area contributed by atoms with E-state index in [9.17, 15) is 9.59 Å². The zero-order chi connectivity index (χ0) is 14.2. The van der Waals surface area contributed by atoms with Crippen LogP contribution in [0.4, 0.5) is 5.69 Å². The molecule has 0 radical (unpaired) electrons. The molecule has 1 amide bonds. The van der Waals surface area contributed by atoms with Gasteiger partial charge in [-0.3, -0.25) is 4.79 Å². The van der Waals surface area contributed by atoms with E-state index in [2.05, 4.69) is 5.32 Å². The van der Waals surface area contributed by atoms with Crippen LogP contribution in [0, 0.1) is 0 Å². The van der Waals surface area contributed by atoms with E-state index in [-0.39, 0.29) is 21.3 Å². The normalized spacial score (nSPS) is 16.6. The molecular weight excluding hydrogens is 291 g/mol. The highest BCUT2D eigenvalue weighted by Gasteiger charge is 2.40. The third-order valence-corrected chi connectivity index (χ3v) is 3.74. The van der Waals surface area contributed by atoms with Crippen molar-refractivity contribution in [3.05, 3.63) is 27.7 Å². The van der Waals surface area contributed by atoms with Gasteiger partial charge in [-0.1, -0.05) is 23.2 Å². The number of anilines is 1. The number of carbonyl (C=O) groups excluding carboxylic acids is 1. The van der Waals surface area contributed by atoms with Crippen molar-refractivity contribution in [1.82, 2.24) is 0 Å². The van der Waals surface area contributed by atoms with Gasteiger partial charge >= 0.3 is 5.97 Å². The van der Waals surface area contributed by atoms with Crippen LogP contribution in [0.15, 0.2) is 12.1 Å². The van der Waals surface area contributed by atoms with Gasteiger partial charge in [-0.05, 0) is 31.4 Å². The molecule has 1 aromatic rings. The number of carboxylic acids is 1. The van der Waals surface area contributed by atoms with Gasteiger partial charge in [0, 0.05) is 5.02 Å². The Hall–Kier alpha value is -1.30. The molecule has 0 saturated heterocycles. The third kappa shape index (κ3) is 2.68. The zero-order valence-electron chi connectivity index (χ0n) is 9.87. The van der Waals surface area contributed by atoms with Crippen molar-refractivity contribution in [3.63, 3.8) is 0 Å². The molecule has 0 atom stereocenters. The summed E-state index contributed by atoms with van der Waals surface area (Å²) in [5.41, 5.74) is 4.81. The van der Waals surface area contributed by atoms with Crippen LogP contribution >= 0.6 is 23.2 Å². The number of hydrogen-bond donors (Lipinski definition) is 3. The van der Waals surface area contributed by atoms with Gasteiger partial charge in [0.05, 0.1) is 21.8 Å². The SMILES string of the molecule is NC1(C(=O)Nc2c(Cl)cc(Cl)cc2C(=O)O)CCC1. The van der Waals surface area contributed by atoms with E-state index in [1.807, 2.05) is 0 Å². The predicted molar refractivity (Wildman–Crippen MR) is 72.8 cm³/mol. The van der Waals surface area contributed by atoms with E-state index >= 15 is 0 Å². The second-order valence-corrected chi connectivity index (χ2v) is 5.42. The summed E-state index contributed by atoms with van der Waals surface area (Å²) in [7, 11) is 0.